The van der Waals surface area contributed by atoms with Crippen molar-refractivity contribution in [3.63, 3.8) is 0 Å². The molecule has 1 aliphatic rings. The maximum Gasteiger partial charge on any atom is 0.260 e. The van der Waals surface area contributed by atoms with Crippen LogP contribution in [0.2, 0.25) is 0 Å². The van der Waals surface area contributed by atoms with Crippen molar-refractivity contribution in [1.82, 2.24) is 9.80 Å². The standard InChI is InChI=1S/C18H26N2O4/c1-14-4-5-16(15(2)12-14)24-13-18(22)20-9-7-19(8-10-20)17(21)6-11-23-3/h4-5,12H,6-11,13H2,1-3H3. The van der Waals surface area contributed by atoms with Gasteiger partial charge in [-0.05, 0) is 25.5 Å². The number of carbonyl (C=O) groups excluding carboxylic acids is 2. The third-order valence-corrected chi connectivity index (χ3v) is 4.19. The predicted octanol–water partition coefficient (Wildman–Crippen LogP) is 1.39. The van der Waals surface area contributed by atoms with Crippen LogP contribution in [0.25, 0.3) is 0 Å². The number of hydrogen-bond donors (Lipinski definition) is 0. The van der Waals surface area contributed by atoms with E-state index >= 15 is 0 Å². The predicted molar refractivity (Wildman–Crippen MR) is 91.1 cm³/mol. The van der Waals surface area contributed by atoms with E-state index in [0.29, 0.717) is 39.2 Å². The van der Waals surface area contributed by atoms with Gasteiger partial charge in [-0.25, -0.2) is 0 Å². The molecule has 1 aromatic rings. The fraction of sp³-hybridized carbons (Fsp3) is 0.556. The Kier molecular flexibility index (Phi) is 6.61. The molecule has 1 saturated heterocycles. The Bertz CT molecular complexity index is 580. The van der Waals surface area contributed by atoms with Crippen molar-refractivity contribution in [2.75, 3.05) is 46.5 Å². The number of hydrogen-bond acceptors (Lipinski definition) is 4. The minimum Gasteiger partial charge on any atom is -0.484 e. The summed E-state index contributed by atoms with van der Waals surface area (Å²) in [4.78, 5) is 27.7. The first-order valence-electron chi connectivity index (χ1n) is 8.26. The molecular weight excluding hydrogens is 308 g/mol. The zero-order chi connectivity index (χ0) is 17.5. The van der Waals surface area contributed by atoms with Crippen LogP contribution < -0.4 is 4.74 Å². The van der Waals surface area contributed by atoms with Crippen LogP contribution in [0.4, 0.5) is 0 Å². The van der Waals surface area contributed by atoms with E-state index in [1.807, 2.05) is 32.0 Å². The van der Waals surface area contributed by atoms with Crippen molar-refractivity contribution >= 4 is 11.8 Å². The van der Waals surface area contributed by atoms with E-state index in [2.05, 4.69) is 0 Å². The van der Waals surface area contributed by atoms with Crippen molar-refractivity contribution in [2.45, 2.75) is 20.3 Å². The van der Waals surface area contributed by atoms with Gasteiger partial charge in [-0.2, -0.15) is 0 Å². The molecule has 0 atom stereocenters. The number of amides is 2. The second kappa shape index (κ2) is 8.68. The van der Waals surface area contributed by atoms with Crippen molar-refractivity contribution in [1.29, 1.82) is 0 Å². The van der Waals surface area contributed by atoms with Crippen LogP contribution in [-0.4, -0.2) is 68.1 Å². The molecular formula is C18H26N2O4. The molecule has 2 amide bonds. The molecule has 0 spiro atoms. The van der Waals surface area contributed by atoms with E-state index in [9.17, 15) is 9.59 Å². The Morgan fingerprint density at radius 2 is 1.67 bits per heavy atom. The second-order valence-electron chi connectivity index (χ2n) is 6.06. The lowest BCUT2D eigenvalue weighted by atomic mass is 10.1. The van der Waals surface area contributed by atoms with E-state index in [1.165, 1.54) is 5.56 Å². The molecule has 0 aromatic heterocycles. The van der Waals surface area contributed by atoms with Crippen LogP contribution >= 0.6 is 0 Å². The van der Waals surface area contributed by atoms with Gasteiger partial charge >= 0.3 is 0 Å². The summed E-state index contributed by atoms with van der Waals surface area (Å²) in [5, 5.41) is 0. The molecule has 6 nitrogen and oxygen atoms in total. The highest BCUT2D eigenvalue weighted by molar-refractivity contribution is 5.79. The van der Waals surface area contributed by atoms with Gasteiger partial charge in [0, 0.05) is 33.3 Å². The van der Waals surface area contributed by atoms with Gasteiger partial charge in [-0.3, -0.25) is 9.59 Å². The third-order valence-electron chi connectivity index (χ3n) is 4.19. The number of piperazine rings is 1. The molecule has 0 aliphatic carbocycles. The monoisotopic (exact) mass is 334 g/mol. The van der Waals surface area contributed by atoms with Gasteiger partial charge in [0.05, 0.1) is 13.0 Å². The molecule has 2 rings (SSSR count). The summed E-state index contributed by atoms with van der Waals surface area (Å²) < 4.78 is 10.6. The molecule has 0 radical (unpaired) electrons. The fourth-order valence-electron chi connectivity index (χ4n) is 2.74. The van der Waals surface area contributed by atoms with Gasteiger partial charge in [0.2, 0.25) is 5.91 Å². The molecule has 1 aromatic carbocycles. The molecule has 1 fully saturated rings. The zero-order valence-electron chi connectivity index (χ0n) is 14.7. The van der Waals surface area contributed by atoms with E-state index in [1.54, 1.807) is 16.9 Å². The number of rotatable bonds is 6. The van der Waals surface area contributed by atoms with Gasteiger partial charge in [-0.15, -0.1) is 0 Å². The molecule has 1 heterocycles. The summed E-state index contributed by atoms with van der Waals surface area (Å²) in [7, 11) is 1.58. The Morgan fingerprint density at radius 1 is 1.04 bits per heavy atom. The highest BCUT2D eigenvalue weighted by Crippen LogP contribution is 2.18. The van der Waals surface area contributed by atoms with Crippen LogP contribution in [0.3, 0.4) is 0 Å². The Labute approximate surface area is 143 Å². The summed E-state index contributed by atoms with van der Waals surface area (Å²) in [6.07, 6.45) is 0.389. The number of nitrogens with zero attached hydrogens (tertiary/aromatic N) is 2. The molecule has 0 N–H and O–H groups in total. The second-order valence-corrected chi connectivity index (χ2v) is 6.06. The number of aryl methyl sites for hydroxylation is 2. The van der Waals surface area contributed by atoms with Crippen LogP contribution in [0.15, 0.2) is 18.2 Å². The molecule has 0 bridgehead atoms. The minimum atomic E-state index is -0.0426. The van der Waals surface area contributed by atoms with Crippen LogP contribution in [0, 0.1) is 13.8 Å². The van der Waals surface area contributed by atoms with Crippen molar-refractivity contribution in [3.8, 4) is 5.75 Å². The number of carbonyl (C=O) groups is 2. The normalized spacial score (nSPS) is 14.6. The van der Waals surface area contributed by atoms with Gasteiger partial charge < -0.3 is 19.3 Å². The Hall–Kier alpha value is -2.08. The lowest BCUT2D eigenvalue weighted by molar-refractivity contribution is -0.141. The van der Waals surface area contributed by atoms with Gasteiger partial charge in [0.15, 0.2) is 6.61 Å². The smallest absolute Gasteiger partial charge is 0.260 e. The quantitative estimate of drug-likeness (QED) is 0.789. The fourth-order valence-corrected chi connectivity index (χ4v) is 2.74. The zero-order valence-corrected chi connectivity index (χ0v) is 14.7. The first kappa shape index (κ1) is 18.3. The third kappa shape index (κ3) is 4.96. The lowest BCUT2D eigenvalue weighted by Crippen LogP contribution is -2.51. The highest BCUT2D eigenvalue weighted by Gasteiger charge is 2.24. The van der Waals surface area contributed by atoms with Gasteiger partial charge in [-0.1, -0.05) is 17.7 Å². The maximum absolute atomic E-state index is 12.3. The van der Waals surface area contributed by atoms with Gasteiger partial charge in [0.25, 0.3) is 5.91 Å². The molecule has 6 heteroatoms. The summed E-state index contributed by atoms with van der Waals surface area (Å²) >= 11 is 0. The molecule has 0 saturated carbocycles. The molecule has 132 valence electrons. The largest absolute Gasteiger partial charge is 0.484 e. The van der Waals surface area contributed by atoms with E-state index < -0.39 is 0 Å². The van der Waals surface area contributed by atoms with Crippen LogP contribution in [0.1, 0.15) is 17.5 Å². The SMILES string of the molecule is COCCC(=O)N1CCN(C(=O)COc2ccc(C)cc2C)CC1. The summed E-state index contributed by atoms with van der Waals surface area (Å²) in [5.74, 6) is 0.775. The highest BCUT2D eigenvalue weighted by atomic mass is 16.5. The number of ether oxygens (including phenoxy) is 2. The van der Waals surface area contributed by atoms with Gasteiger partial charge in [0.1, 0.15) is 5.75 Å². The van der Waals surface area contributed by atoms with Crippen LogP contribution in [0.5, 0.6) is 5.75 Å². The Morgan fingerprint density at radius 3 is 2.25 bits per heavy atom. The summed E-state index contributed by atoms with van der Waals surface area (Å²) in [6, 6.07) is 5.89. The van der Waals surface area contributed by atoms with Crippen molar-refractivity contribution in [3.05, 3.63) is 29.3 Å². The summed E-state index contributed by atoms with van der Waals surface area (Å²) in [5.41, 5.74) is 2.19. The van der Waals surface area contributed by atoms with E-state index in [-0.39, 0.29) is 18.4 Å². The average Bonchev–Trinajstić information content (AvgIpc) is 2.58. The minimum absolute atomic E-state index is 0.0293. The molecule has 0 unspecified atom stereocenters. The van der Waals surface area contributed by atoms with Crippen LogP contribution in [-0.2, 0) is 14.3 Å². The lowest BCUT2D eigenvalue weighted by Gasteiger charge is -2.34. The number of benzene rings is 1. The van der Waals surface area contributed by atoms with Crippen molar-refractivity contribution in [2.24, 2.45) is 0 Å². The molecule has 24 heavy (non-hydrogen) atoms. The first-order valence-corrected chi connectivity index (χ1v) is 8.26. The Balaban J connectivity index is 1.77. The molecule has 1 aliphatic heterocycles. The average molecular weight is 334 g/mol. The van der Waals surface area contributed by atoms with Crippen molar-refractivity contribution < 1.29 is 19.1 Å². The topological polar surface area (TPSA) is 59.1 Å². The first-order chi connectivity index (χ1) is 11.5. The van der Waals surface area contributed by atoms with E-state index in [0.717, 1.165) is 11.3 Å². The maximum atomic E-state index is 12.3. The number of methoxy groups -OCH3 is 1. The summed E-state index contributed by atoms with van der Waals surface area (Å²) in [6.45, 7) is 6.69. The van der Waals surface area contributed by atoms with E-state index in [4.69, 9.17) is 9.47 Å².